The van der Waals surface area contributed by atoms with Gasteiger partial charge in [0.25, 0.3) is 0 Å². The molecule has 0 aliphatic carbocycles. The van der Waals surface area contributed by atoms with E-state index in [-0.39, 0.29) is 6.61 Å². The molecule has 0 unspecified atom stereocenters. The predicted octanol–water partition coefficient (Wildman–Crippen LogP) is 2.45. The molecule has 4 rings (SSSR count). The zero-order chi connectivity index (χ0) is 21.5. The largest absolute Gasteiger partial charge is 0.494 e. The molecular weight excluding hydrogens is 412 g/mol. The molecule has 1 atom stereocenters. The summed E-state index contributed by atoms with van der Waals surface area (Å²) in [5, 5.41) is 10.7. The molecule has 2 aliphatic heterocycles. The van der Waals surface area contributed by atoms with Crippen LogP contribution in [0.1, 0.15) is 23.8 Å². The first kappa shape index (κ1) is 22.5. The van der Waals surface area contributed by atoms with Crippen molar-refractivity contribution >= 4 is 16.5 Å². The van der Waals surface area contributed by atoms with E-state index in [1.54, 1.807) is 11.3 Å². The number of benzene rings is 1. The molecule has 0 amide bonds. The molecule has 2 saturated heterocycles. The Balaban J connectivity index is 1.32. The van der Waals surface area contributed by atoms with Crippen molar-refractivity contribution in [2.75, 3.05) is 64.1 Å². The molecule has 1 N–H and O–H groups in total. The van der Waals surface area contributed by atoms with E-state index in [4.69, 9.17) is 9.47 Å². The number of anilines is 1. The number of hydrogen-bond donors (Lipinski definition) is 1. The van der Waals surface area contributed by atoms with E-state index in [9.17, 15) is 5.11 Å². The van der Waals surface area contributed by atoms with Crippen molar-refractivity contribution < 1.29 is 14.6 Å². The molecule has 8 heteroatoms. The van der Waals surface area contributed by atoms with Crippen molar-refractivity contribution in [3.8, 4) is 5.75 Å². The number of rotatable bonds is 9. The van der Waals surface area contributed by atoms with Gasteiger partial charge >= 0.3 is 0 Å². The second-order valence-corrected chi connectivity index (χ2v) is 9.25. The van der Waals surface area contributed by atoms with E-state index in [1.807, 2.05) is 25.3 Å². The third-order valence-corrected chi connectivity index (χ3v) is 7.02. The highest BCUT2D eigenvalue weighted by atomic mass is 32.1. The minimum Gasteiger partial charge on any atom is -0.494 e. The van der Waals surface area contributed by atoms with Crippen LogP contribution in [-0.4, -0.2) is 85.1 Å². The molecule has 0 radical (unpaired) electrons. The number of hydrogen-bond acceptors (Lipinski definition) is 8. The van der Waals surface area contributed by atoms with Crippen LogP contribution in [-0.2, 0) is 17.8 Å². The standard InChI is InChI=1S/C23H34N4O3S/c1-2-30-21-5-3-19(4-6-21)16-27-9-8-25(17-20(27)7-12-28)18-22-15-24-23(31-22)26-10-13-29-14-11-26/h3-6,15,20,28H,2,7-14,16-18H2,1H3/t20-/m1/s1. The maximum absolute atomic E-state index is 9.64. The normalized spacial score (nSPS) is 20.8. The monoisotopic (exact) mass is 446 g/mol. The van der Waals surface area contributed by atoms with E-state index in [0.29, 0.717) is 12.6 Å². The molecule has 0 bridgehead atoms. The molecule has 3 heterocycles. The van der Waals surface area contributed by atoms with Crippen LogP contribution in [0.5, 0.6) is 5.75 Å². The first-order valence-electron chi connectivity index (χ1n) is 11.3. The molecular formula is C23H34N4O3S. The quantitative estimate of drug-likeness (QED) is 0.635. The second-order valence-electron chi connectivity index (χ2n) is 8.16. The smallest absolute Gasteiger partial charge is 0.185 e. The average Bonchev–Trinajstić information content (AvgIpc) is 3.26. The van der Waals surface area contributed by atoms with Gasteiger partial charge in [-0.2, -0.15) is 0 Å². The van der Waals surface area contributed by atoms with Gasteiger partial charge in [-0.05, 0) is 31.0 Å². The number of piperazine rings is 1. The minimum atomic E-state index is 0.222. The summed E-state index contributed by atoms with van der Waals surface area (Å²) in [6.45, 7) is 11.2. The molecule has 1 aromatic carbocycles. The number of morpholine rings is 1. The van der Waals surface area contributed by atoms with Gasteiger partial charge in [-0.1, -0.05) is 12.1 Å². The van der Waals surface area contributed by atoms with Crippen molar-refractivity contribution in [3.05, 3.63) is 40.9 Å². The zero-order valence-electron chi connectivity index (χ0n) is 18.4. The van der Waals surface area contributed by atoms with Crippen LogP contribution in [0.3, 0.4) is 0 Å². The fourth-order valence-corrected chi connectivity index (χ4v) is 5.32. The van der Waals surface area contributed by atoms with Gasteiger partial charge in [-0.3, -0.25) is 9.80 Å². The number of aliphatic hydroxyl groups excluding tert-OH is 1. The fraction of sp³-hybridized carbons (Fsp3) is 0.609. The van der Waals surface area contributed by atoms with Gasteiger partial charge < -0.3 is 19.5 Å². The van der Waals surface area contributed by atoms with E-state index < -0.39 is 0 Å². The number of nitrogens with zero attached hydrogens (tertiary/aromatic N) is 4. The van der Waals surface area contributed by atoms with Crippen molar-refractivity contribution in [1.82, 2.24) is 14.8 Å². The molecule has 2 aliphatic rings. The Labute approximate surface area is 189 Å². The summed E-state index contributed by atoms with van der Waals surface area (Å²) in [5.41, 5.74) is 1.29. The van der Waals surface area contributed by atoms with Crippen LogP contribution < -0.4 is 9.64 Å². The van der Waals surface area contributed by atoms with Crippen molar-refractivity contribution in [2.45, 2.75) is 32.5 Å². The third-order valence-electron chi connectivity index (χ3n) is 5.97. The molecule has 2 aromatic rings. The summed E-state index contributed by atoms with van der Waals surface area (Å²) < 4.78 is 11.0. The summed E-state index contributed by atoms with van der Waals surface area (Å²) >= 11 is 1.80. The van der Waals surface area contributed by atoms with Gasteiger partial charge in [0, 0.05) is 69.5 Å². The molecule has 1 aromatic heterocycles. The van der Waals surface area contributed by atoms with Gasteiger partial charge in [0.05, 0.1) is 19.8 Å². The van der Waals surface area contributed by atoms with Gasteiger partial charge in [0.15, 0.2) is 5.13 Å². The first-order chi connectivity index (χ1) is 15.2. The summed E-state index contributed by atoms with van der Waals surface area (Å²) in [6.07, 6.45) is 2.83. The van der Waals surface area contributed by atoms with Crippen LogP contribution in [0, 0.1) is 0 Å². The lowest BCUT2D eigenvalue weighted by molar-refractivity contribution is 0.0504. The summed E-state index contributed by atoms with van der Waals surface area (Å²) in [4.78, 5) is 13.3. The van der Waals surface area contributed by atoms with Crippen molar-refractivity contribution in [1.29, 1.82) is 0 Å². The number of thiazole rings is 1. The van der Waals surface area contributed by atoms with Crippen LogP contribution >= 0.6 is 11.3 Å². The highest BCUT2D eigenvalue weighted by molar-refractivity contribution is 7.15. The lowest BCUT2D eigenvalue weighted by Crippen LogP contribution is -2.52. The molecule has 170 valence electrons. The number of ether oxygens (including phenoxy) is 2. The zero-order valence-corrected chi connectivity index (χ0v) is 19.2. The van der Waals surface area contributed by atoms with E-state index in [0.717, 1.165) is 76.3 Å². The first-order valence-corrected chi connectivity index (χ1v) is 12.1. The molecule has 0 spiro atoms. The van der Waals surface area contributed by atoms with E-state index in [1.165, 1.54) is 10.4 Å². The van der Waals surface area contributed by atoms with E-state index in [2.05, 4.69) is 31.8 Å². The Morgan fingerprint density at radius 2 is 1.94 bits per heavy atom. The Morgan fingerprint density at radius 1 is 1.13 bits per heavy atom. The van der Waals surface area contributed by atoms with Crippen LogP contribution in [0.25, 0.3) is 0 Å². The summed E-state index contributed by atoms with van der Waals surface area (Å²) in [6, 6.07) is 8.75. The highest BCUT2D eigenvalue weighted by Gasteiger charge is 2.27. The SMILES string of the molecule is CCOc1ccc(CN2CCN(Cc3cnc(N4CCOCC4)s3)C[C@H]2CCO)cc1. The molecule has 0 saturated carbocycles. The van der Waals surface area contributed by atoms with Gasteiger partial charge in [-0.25, -0.2) is 4.98 Å². The average molecular weight is 447 g/mol. The lowest BCUT2D eigenvalue weighted by atomic mass is 10.1. The van der Waals surface area contributed by atoms with Crippen molar-refractivity contribution in [2.24, 2.45) is 0 Å². The highest BCUT2D eigenvalue weighted by Crippen LogP contribution is 2.26. The van der Waals surface area contributed by atoms with Crippen LogP contribution in [0.15, 0.2) is 30.5 Å². The second kappa shape index (κ2) is 11.2. The van der Waals surface area contributed by atoms with Crippen LogP contribution in [0.4, 0.5) is 5.13 Å². The van der Waals surface area contributed by atoms with Gasteiger partial charge in [0.2, 0.25) is 0 Å². The Morgan fingerprint density at radius 3 is 2.68 bits per heavy atom. The van der Waals surface area contributed by atoms with Crippen LogP contribution in [0.2, 0.25) is 0 Å². The maximum Gasteiger partial charge on any atom is 0.185 e. The number of aromatic nitrogens is 1. The molecule has 2 fully saturated rings. The van der Waals surface area contributed by atoms with Gasteiger partial charge in [0.1, 0.15) is 5.75 Å². The third kappa shape index (κ3) is 6.17. The topological polar surface area (TPSA) is 61.3 Å². The van der Waals surface area contributed by atoms with Gasteiger partial charge in [-0.15, -0.1) is 11.3 Å². The van der Waals surface area contributed by atoms with Crippen molar-refractivity contribution in [3.63, 3.8) is 0 Å². The summed E-state index contributed by atoms with van der Waals surface area (Å²) in [7, 11) is 0. The lowest BCUT2D eigenvalue weighted by Gasteiger charge is -2.41. The molecule has 7 nitrogen and oxygen atoms in total. The fourth-order valence-electron chi connectivity index (χ4n) is 4.32. The Hall–Kier alpha value is -1.71. The van der Waals surface area contributed by atoms with E-state index >= 15 is 0 Å². The Kier molecular flexibility index (Phi) is 8.15. The molecule has 31 heavy (non-hydrogen) atoms. The Bertz CT molecular complexity index is 794. The minimum absolute atomic E-state index is 0.222. The maximum atomic E-state index is 9.64. The number of aliphatic hydroxyl groups is 1. The predicted molar refractivity (Wildman–Crippen MR) is 124 cm³/mol. The summed E-state index contributed by atoms with van der Waals surface area (Å²) in [5.74, 6) is 0.920.